The van der Waals surface area contributed by atoms with Crippen LogP contribution in [-0.2, 0) is 11.8 Å². The van der Waals surface area contributed by atoms with E-state index in [2.05, 4.69) is 15.5 Å². The second-order valence-corrected chi connectivity index (χ2v) is 4.75. The van der Waals surface area contributed by atoms with Crippen molar-refractivity contribution in [2.45, 2.75) is 26.8 Å². The molecule has 2 aromatic rings. The minimum absolute atomic E-state index is 0.104. The number of carbonyl (C=O) groups excluding carboxylic acids is 1. The van der Waals surface area contributed by atoms with Crippen molar-refractivity contribution in [3.8, 4) is 0 Å². The molecule has 21 heavy (non-hydrogen) atoms. The van der Waals surface area contributed by atoms with E-state index in [4.69, 9.17) is 0 Å². The van der Waals surface area contributed by atoms with Crippen LogP contribution in [0.2, 0.25) is 0 Å². The van der Waals surface area contributed by atoms with Gasteiger partial charge in [-0.25, -0.2) is 0 Å². The average molecular weight is 292 g/mol. The number of aryl methyl sites for hydroxylation is 1. The summed E-state index contributed by atoms with van der Waals surface area (Å²) in [5.41, 5.74) is 1.66. The third-order valence-electron chi connectivity index (χ3n) is 3.45. The van der Waals surface area contributed by atoms with Crippen molar-refractivity contribution in [2.75, 3.05) is 5.32 Å². The SMILES string of the molecule is Cc1c(NC(=O)C(C)n2ncc([N+](=O)[O-])c2C)cnn1C. The highest BCUT2D eigenvalue weighted by Crippen LogP contribution is 2.21. The van der Waals surface area contributed by atoms with Gasteiger partial charge in [-0.1, -0.05) is 0 Å². The van der Waals surface area contributed by atoms with E-state index in [1.165, 1.54) is 4.68 Å². The predicted molar refractivity (Wildman–Crippen MR) is 74.9 cm³/mol. The van der Waals surface area contributed by atoms with Gasteiger partial charge < -0.3 is 5.32 Å². The van der Waals surface area contributed by atoms with Gasteiger partial charge in [0.1, 0.15) is 17.9 Å². The number of rotatable bonds is 4. The first-order chi connectivity index (χ1) is 9.82. The Morgan fingerprint density at radius 3 is 2.48 bits per heavy atom. The molecule has 0 aromatic carbocycles. The summed E-state index contributed by atoms with van der Waals surface area (Å²) < 4.78 is 2.98. The maximum atomic E-state index is 12.2. The molecule has 0 saturated heterocycles. The topological polar surface area (TPSA) is 108 Å². The summed E-state index contributed by atoms with van der Waals surface area (Å²) in [5, 5.41) is 21.5. The van der Waals surface area contributed by atoms with Crippen molar-refractivity contribution in [3.63, 3.8) is 0 Å². The van der Waals surface area contributed by atoms with Crippen LogP contribution in [0.25, 0.3) is 0 Å². The highest BCUT2D eigenvalue weighted by Gasteiger charge is 2.24. The molecule has 0 spiro atoms. The molecule has 9 heteroatoms. The van der Waals surface area contributed by atoms with Gasteiger partial charge in [0.25, 0.3) is 0 Å². The van der Waals surface area contributed by atoms with Crippen molar-refractivity contribution < 1.29 is 9.72 Å². The van der Waals surface area contributed by atoms with Crippen LogP contribution >= 0.6 is 0 Å². The Hall–Kier alpha value is -2.71. The minimum atomic E-state index is -0.668. The Balaban J connectivity index is 2.20. The number of hydrogen-bond donors (Lipinski definition) is 1. The largest absolute Gasteiger partial charge is 0.321 e. The molecule has 2 heterocycles. The van der Waals surface area contributed by atoms with Crippen LogP contribution in [0.1, 0.15) is 24.4 Å². The van der Waals surface area contributed by atoms with Crippen LogP contribution in [-0.4, -0.2) is 30.4 Å². The third kappa shape index (κ3) is 2.62. The molecular formula is C12H16N6O3. The average Bonchev–Trinajstić information content (AvgIpc) is 2.95. The monoisotopic (exact) mass is 292 g/mol. The molecule has 1 unspecified atom stereocenters. The highest BCUT2D eigenvalue weighted by molar-refractivity contribution is 5.93. The van der Waals surface area contributed by atoms with Gasteiger partial charge in [-0.15, -0.1) is 0 Å². The van der Waals surface area contributed by atoms with Crippen LogP contribution < -0.4 is 5.32 Å². The number of hydrogen-bond acceptors (Lipinski definition) is 5. The van der Waals surface area contributed by atoms with Crippen LogP contribution in [0.3, 0.4) is 0 Å². The summed E-state index contributed by atoms with van der Waals surface area (Å²) in [4.78, 5) is 22.5. The fourth-order valence-corrected chi connectivity index (χ4v) is 1.95. The lowest BCUT2D eigenvalue weighted by Crippen LogP contribution is -2.25. The van der Waals surface area contributed by atoms with E-state index >= 15 is 0 Å². The molecule has 0 aliphatic heterocycles. The van der Waals surface area contributed by atoms with Crippen LogP contribution in [0.4, 0.5) is 11.4 Å². The fourth-order valence-electron chi connectivity index (χ4n) is 1.95. The Morgan fingerprint density at radius 2 is 2.00 bits per heavy atom. The lowest BCUT2D eigenvalue weighted by molar-refractivity contribution is -0.385. The van der Waals surface area contributed by atoms with Gasteiger partial charge in [-0.05, 0) is 20.8 Å². The number of anilines is 1. The lowest BCUT2D eigenvalue weighted by Gasteiger charge is -2.13. The van der Waals surface area contributed by atoms with Crippen LogP contribution in [0.15, 0.2) is 12.4 Å². The smallest absolute Gasteiger partial charge is 0.309 e. The van der Waals surface area contributed by atoms with Gasteiger partial charge >= 0.3 is 5.69 Å². The molecule has 112 valence electrons. The molecule has 0 aliphatic carbocycles. The quantitative estimate of drug-likeness (QED) is 0.675. The number of amides is 1. The third-order valence-corrected chi connectivity index (χ3v) is 3.45. The summed E-state index contributed by atoms with van der Waals surface area (Å²) in [6.45, 7) is 5.02. The second-order valence-electron chi connectivity index (χ2n) is 4.75. The molecule has 1 atom stereocenters. The summed E-state index contributed by atoms with van der Waals surface area (Å²) >= 11 is 0. The van der Waals surface area contributed by atoms with E-state index in [0.29, 0.717) is 11.4 Å². The van der Waals surface area contributed by atoms with Crippen molar-refractivity contribution in [1.29, 1.82) is 0 Å². The molecule has 0 aliphatic rings. The van der Waals surface area contributed by atoms with Crippen LogP contribution in [0, 0.1) is 24.0 Å². The zero-order valence-electron chi connectivity index (χ0n) is 12.2. The summed E-state index contributed by atoms with van der Waals surface area (Å²) in [7, 11) is 1.77. The molecule has 9 nitrogen and oxygen atoms in total. The molecule has 0 fully saturated rings. The lowest BCUT2D eigenvalue weighted by atomic mass is 10.3. The number of carbonyl (C=O) groups is 1. The van der Waals surface area contributed by atoms with Crippen molar-refractivity contribution in [3.05, 3.63) is 33.9 Å². The highest BCUT2D eigenvalue weighted by atomic mass is 16.6. The first-order valence-corrected chi connectivity index (χ1v) is 6.31. The van der Waals surface area contributed by atoms with E-state index in [9.17, 15) is 14.9 Å². The number of nitrogens with one attached hydrogen (secondary N) is 1. The summed E-state index contributed by atoms with van der Waals surface area (Å²) in [5.74, 6) is -0.313. The molecule has 1 amide bonds. The predicted octanol–water partition coefficient (Wildman–Crippen LogP) is 1.34. The Kier molecular flexibility index (Phi) is 3.74. The van der Waals surface area contributed by atoms with Gasteiger partial charge in [0.2, 0.25) is 5.91 Å². The fraction of sp³-hybridized carbons (Fsp3) is 0.417. The molecule has 1 N–H and O–H groups in total. The van der Waals surface area contributed by atoms with Crippen molar-refractivity contribution in [1.82, 2.24) is 19.6 Å². The Bertz CT molecular complexity index is 702. The van der Waals surface area contributed by atoms with Gasteiger partial charge in [0.15, 0.2) is 0 Å². The van der Waals surface area contributed by atoms with E-state index in [1.54, 1.807) is 31.8 Å². The first kappa shape index (κ1) is 14.7. The first-order valence-electron chi connectivity index (χ1n) is 6.31. The Morgan fingerprint density at radius 1 is 1.33 bits per heavy atom. The molecular weight excluding hydrogens is 276 g/mol. The minimum Gasteiger partial charge on any atom is -0.321 e. The molecule has 0 bridgehead atoms. The van der Waals surface area contributed by atoms with E-state index in [-0.39, 0.29) is 11.6 Å². The number of nitro groups is 1. The van der Waals surface area contributed by atoms with E-state index < -0.39 is 11.0 Å². The normalized spacial score (nSPS) is 12.2. The van der Waals surface area contributed by atoms with E-state index in [0.717, 1.165) is 11.9 Å². The zero-order valence-corrected chi connectivity index (χ0v) is 12.2. The van der Waals surface area contributed by atoms with Crippen molar-refractivity contribution in [2.24, 2.45) is 7.05 Å². The van der Waals surface area contributed by atoms with E-state index in [1.807, 2.05) is 6.92 Å². The molecule has 2 rings (SSSR count). The maximum absolute atomic E-state index is 12.2. The maximum Gasteiger partial charge on any atom is 0.309 e. The standard InChI is InChI=1S/C12H16N6O3/c1-7-10(5-13-16(7)4)15-12(19)9(3)17-8(2)11(6-14-17)18(20)21/h5-6,9H,1-4H3,(H,15,19). The molecule has 2 aromatic heterocycles. The number of nitrogens with zero attached hydrogens (tertiary/aromatic N) is 5. The summed E-state index contributed by atoms with van der Waals surface area (Å²) in [6, 6.07) is -0.668. The van der Waals surface area contributed by atoms with Crippen LogP contribution in [0.5, 0.6) is 0 Å². The summed E-state index contributed by atoms with van der Waals surface area (Å²) in [6.07, 6.45) is 2.70. The number of aromatic nitrogens is 4. The molecule has 0 radical (unpaired) electrons. The van der Waals surface area contributed by atoms with Gasteiger partial charge in [0, 0.05) is 7.05 Å². The van der Waals surface area contributed by atoms with Gasteiger partial charge in [-0.2, -0.15) is 10.2 Å². The molecule has 0 saturated carbocycles. The zero-order chi connectivity index (χ0) is 15.7. The van der Waals surface area contributed by atoms with Crippen molar-refractivity contribution >= 4 is 17.3 Å². The van der Waals surface area contributed by atoms with Gasteiger partial charge in [-0.3, -0.25) is 24.3 Å². The Labute approximate surface area is 120 Å². The second kappa shape index (κ2) is 5.35. The van der Waals surface area contributed by atoms with Gasteiger partial charge in [0.05, 0.1) is 22.5 Å².